The van der Waals surface area contributed by atoms with Gasteiger partial charge in [0.2, 0.25) is 0 Å². The minimum absolute atomic E-state index is 0.187. The summed E-state index contributed by atoms with van der Waals surface area (Å²) in [7, 11) is 0. The molecule has 0 radical (unpaired) electrons. The van der Waals surface area contributed by atoms with E-state index in [0.29, 0.717) is 21.1 Å². The van der Waals surface area contributed by atoms with Gasteiger partial charge in [-0.3, -0.25) is 0 Å². The highest BCUT2D eigenvalue weighted by Gasteiger charge is 2.13. The van der Waals surface area contributed by atoms with Gasteiger partial charge in [0.1, 0.15) is 22.1 Å². The first-order chi connectivity index (χ1) is 11.6. The lowest BCUT2D eigenvalue weighted by Gasteiger charge is -2.03. The Hall–Kier alpha value is -2.43. The van der Waals surface area contributed by atoms with Crippen molar-refractivity contribution in [3.63, 3.8) is 0 Å². The van der Waals surface area contributed by atoms with Crippen LogP contribution in [-0.2, 0) is 0 Å². The zero-order valence-corrected chi connectivity index (χ0v) is 13.9. The van der Waals surface area contributed by atoms with Crippen molar-refractivity contribution >= 4 is 33.2 Å². The summed E-state index contributed by atoms with van der Waals surface area (Å²) in [5.74, 6) is -0.0861. The van der Waals surface area contributed by atoms with E-state index in [4.69, 9.17) is 11.6 Å². The van der Waals surface area contributed by atoms with Gasteiger partial charge in [-0.05, 0) is 47.5 Å². The average Bonchev–Trinajstić information content (AvgIpc) is 3.00. The molecule has 1 N–H and O–H groups in total. The molecule has 0 aliphatic rings. The molecule has 4 aromatic rings. The van der Waals surface area contributed by atoms with Crippen molar-refractivity contribution in [2.24, 2.45) is 0 Å². The van der Waals surface area contributed by atoms with E-state index in [0.717, 1.165) is 15.8 Å². The molecule has 1 aromatic heterocycles. The van der Waals surface area contributed by atoms with Gasteiger partial charge in [-0.1, -0.05) is 35.9 Å². The van der Waals surface area contributed by atoms with Crippen LogP contribution in [0.15, 0.2) is 60.7 Å². The Balaban J connectivity index is 1.87. The van der Waals surface area contributed by atoms with Gasteiger partial charge in [-0.2, -0.15) is 0 Å². The fraction of sp³-hybridized carbons (Fsp3) is 0. The lowest BCUT2D eigenvalue weighted by molar-refractivity contribution is 0.477. The van der Waals surface area contributed by atoms with Gasteiger partial charge < -0.3 is 5.11 Å². The molecule has 0 saturated carbocycles. The number of aromatic hydroxyl groups is 1. The van der Waals surface area contributed by atoms with Gasteiger partial charge in [0.25, 0.3) is 0 Å². The van der Waals surface area contributed by atoms with Crippen LogP contribution in [0, 0.1) is 5.82 Å². The van der Waals surface area contributed by atoms with Crippen molar-refractivity contribution < 1.29 is 9.50 Å². The third kappa shape index (κ3) is 2.64. The number of hydrogen-bond donors (Lipinski definition) is 1. The summed E-state index contributed by atoms with van der Waals surface area (Å²) in [6.45, 7) is 0. The summed E-state index contributed by atoms with van der Waals surface area (Å²) >= 11 is 7.85. The molecule has 24 heavy (non-hydrogen) atoms. The smallest absolute Gasteiger partial charge is 0.128 e. The summed E-state index contributed by atoms with van der Waals surface area (Å²) in [6.07, 6.45) is 0. The van der Waals surface area contributed by atoms with E-state index in [-0.39, 0.29) is 11.6 Å². The minimum atomic E-state index is -0.273. The molecule has 2 nitrogen and oxygen atoms in total. The zero-order chi connectivity index (χ0) is 16.7. The molecule has 0 unspecified atom stereocenters. The maximum absolute atomic E-state index is 13.1. The van der Waals surface area contributed by atoms with E-state index in [1.807, 2.05) is 24.3 Å². The Labute approximate surface area is 146 Å². The molecule has 0 aliphatic carbocycles. The highest BCUT2D eigenvalue weighted by molar-refractivity contribution is 7.21. The molecule has 4 rings (SSSR count). The molecular formula is C19H11ClFNOS. The van der Waals surface area contributed by atoms with Gasteiger partial charge in [-0.15, -0.1) is 11.3 Å². The second-order valence-electron chi connectivity index (χ2n) is 5.35. The Kier molecular flexibility index (Phi) is 3.71. The number of rotatable bonds is 2. The maximum Gasteiger partial charge on any atom is 0.128 e. The van der Waals surface area contributed by atoms with Gasteiger partial charge in [-0.25, -0.2) is 9.37 Å². The lowest BCUT2D eigenvalue weighted by Crippen LogP contribution is -1.81. The number of thiazole rings is 1. The minimum Gasteiger partial charge on any atom is -0.507 e. The third-order valence-corrected chi connectivity index (χ3v) is 5.08. The fourth-order valence-corrected chi connectivity index (χ4v) is 3.95. The predicted molar refractivity (Wildman–Crippen MR) is 97.1 cm³/mol. The van der Waals surface area contributed by atoms with Crippen LogP contribution in [0.2, 0.25) is 5.02 Å². The van der Waals surface area contributed by atoms with Crippen molar-refractivity contribution in [3.8, 4) is 27.4 Å². The van der Waals surface area contributed by atoms with Crippen LogP contribution in [0.3, 0.4) is 0 Å². The van der Waals surface area contributed by atoms with Crippen molar-refractivity contribution in [1.29, 1.82) is 0 Å². The van der Waals surface area contributed by atoms with Gasteiger partial charge >= 0.3 is 0 Å². The molecule has 3 aromatic carbocycles. The van der Waals surface area contributed by atoms with E-state index in [9.17, 15) is 9.50 Å². The average molecular weight is 356 g/mol. The largest absolute Gasteiger partial charge is 0.507 e. The standard InChI is InChI=1S/C19H11ClFNOS/c20-15-9-12(11-5-7-13(21)8-6-11)10-17-18(15)22-19(24-17)14-3-1-2-4-16(14)23/h1-10,23H. The van der Waals surface area contributed by atoms with Crippen LogP contribution >= 0.6 is 22.9 Å². The molecular weight excluding hydrogens is 345 g/mol. The second-order valence-corrected chi connectivity index (χ2v) is 6.79. The summed E-state index contributed by atoms with van der Waals surface area (Å²) in [6, 6.07) is 17.2. The second kappa shape index (κ2) is 5.89. The third-order valence-electron chi connectivity index (χ3n) is 3.76. The van der Waals surface area contributed by atoms with Crippen LogP contribution in [0.1, 0.15) is 0 Å². The maximum atomic E-state index is 13.1. The highest BCUT2D eigenvalue weighted by atomic mass is 35.5. The first-order valence-corrected chi connectivity index (χ1v) is 8.45. The van der Waals surface area contributed by atoms with Gasteiger partial charge in [0, 0.05) is 0 Å². The normalized spacial score (nSPS) is 11.1. The number of phenolic OH excluding ortho intramolecular Hbond substituents is 1. The first-order valence-electron chi connectivity index (χ1n) is 7.26. The number of aromatic nitrogens is 1. The van der Waals surface area contributed by atoms with Gasteiger partial charge in [0.15, 0.2) is 0 Å². The lowest BCUT2D eigenvalue weighted by atomic mass is 10.1. The number of halogens is 2. The zero-order valence-electron chi connectivity index (χ0n) is 12.3. The van der Waals surface area contributed by atoms with Crippen molar-refractivity contribution in [3.05, 3.63) is 71.5 Å². The summed E-state index contributed by atoms with van der Waals surface area (Å²) in [5.41, 5.74) is 3.17. The highest BCUT2D eigenvalue weighted by Crippen LogP contribution is 2.39. The first kappa shape index (κ1) is 15.1. The van der Waals surface area contributed by atoms with E-state index in [2.05, 4.69) is 4.98 Å². The molecule has 0 bridgehead atoms. The quantitative estimate of drug-likeness (QED) is 0.469. The van der Waals surface area contributed by atoms with E-state index < -0.39 is 0 Å². The van der Waals surface area contributed by atoms with Gasteiger partial charge in [0.05, 0.1) is 15.3 Å². The molecule has 0 fully saturated rings. The predicted octanol–water partition coefficient (Wildman–Crippen LogP) is 6.13. The van der Waals surface area contributed by atoms with Crippen molar-refractivity contribution in [2.45, 2.75) is 0 Å². The molecule has 0 amide bonds. The Bertz CT molecular complexity index is 1040. The number of fused-ring (bicyclic) bond motifs is 1. The van der Waals surface area contributed by atoms with E-state index >= 15 is 0 Å². The fourth-order valence-electron chi connectivity index (χ4n) is 2.57. The molecule has 118 valence electrons. The Morgan fingerprint density at radius 2 is 1.71 bits per heavy atom. The van der Waals surface area contributed by atoms with Crippen LogP contribution in [0.5, 0.6) is 5.75 Å². The number of para-hydroxylation sites is 1. The van der Waals surface area contributed by atoms with Crippen molar-refractivity contribution in [2.75, 3.05) is 0 Å². The Morgan fingerprint density at radius 1 is 0.958 bits per heavy atom. The van der Waals surface area contributed by atoms with E-state index in [1.165, 1.54) is 23.5 Å². The molecule has 1 heterocycles. The molecule has 0 saturated heterocycles. The molecule has 0 aliphatic heterocycles. The van der Waals surface area contributed by atoms with Crippen LogP contribution in [-0.4, -0.2) is 10.1 Å². The summed E-state index contributed by atoms with van der Waals surface area (Å²) < 4.78 is 14.0. The van der Waals surface area contributed by atoms with Crippen molar-refractivity contribution in [1.82, 2.24) is 4.98 Å². The van der Waals surface area contributed by atoms with Crippen LogP contribution in [0.25, 0.3) is 31.9 Å². The molecule has 5 heteroatoms. The topological polar surface area (TPSA) is 33.1 Å². The number of nitrogens with zero attached hydrogens (tertiary/aromatic N) is 1. The summed E-state index contributed by atoms with van der Waals surface area (Å²) in [5, 5.41) is 11.3. The Morgan fingerprint density at radius 3 is 2.46 bits per heavy atom. The summed E-state index contributed by atoms with van der Waals surface area (Å²) in [4.78, 5) is 4.56. The number of hydrogen-bond acceptors (Lipinski definition) is 3. The van der Waals surface area contributed by atoms with Crippen LogP contribution in [0.4, 0.5) is 4.39 Å². The monoisotopic (exact) mass is 355 g/mol. The number of benzene rings is 3. The number of phenols is 1. The molecule has 0 spiro atoms. The SMILES string of the molecule is Oc1ccccc1-c1nc2c(Cl)cc(-c3ccc(F)cc3)cc2s1. The molecule has 0 atom stereocenters. The van der Waals surface area contributed by atoms with E-state index in [1.54, 1.807) is 24.3 Å². The van der Waals surface area contributed by atoms with Crippen LogP contribution < -0.4 is 0 Å².